The largest absolute Gasteiger partial charge is 0.456 e. The maximum atomic E-state index is 5.93. The Balaban J connectivity index is 2.18. The lowest BCUT2D eigenvalue weighted by Crippen LogP contribution is -1.89. The second-order valence-corrected chi connectivity index (χ2v) is 3.59. The highest BCUT2D eigenvalue weighted by Crippen LogP contribution is 2.28. The molecule has 2 rings (SSSR count). The number of pyridine rings is 1. The zero-order valence-electron chi connectivity index (χ0n) is 8.77. The van der Waals surface area contributed by atoms with Crippen LogP contribution >= 0.6 is 11.6 Å². The molecule has 1 aromatic heterocycles. The molecule has 0 bridgehead atoms. The van der Waals surface area contributed by atoms with Gasteiger partial charge in [-0.05, 0) is 24.3 Å². The van der Waals surface area contributed by atoms with Crippen molar-refractivity contribution in [1.82, 2.24) is 4.98 Å². The molecule has 0 aliphatic rings. The highest BCUT2D eigenvalue weighted by atomic mass is 35.5. The normalized spacial score (nSPS) is 9.88. The summed E-state index contributed by atoms with van der Waals surface area (Å²) in [6, 6.07) is 9.36. The molecule has 0 fully saturated rings. The van der Waals surface area contributed by atoms with Crippen molar-refractivity contribution in [1.29, 1.82) is 0 Å². The number of rotatable bonds is 3. The number of hydrogen-bond donors (Lipinski definition) is 1. The lowest BCUT2D eigenvalue weighted by Gasteiger charge is -2.07. The molecule has 2 aromatic rings. The minimum absolute atomic E-state index is 0.500. The van der Waals surface area contributed by atoms with Gasteiger partial charge in [0.25, 0.3) is 0 Å². The number of halogens is 1. The average molecular weight is 235 g/mol. The maximum Gasteiger partial charge on any atom is 0.149 e. The summed E-state index contributed by atoms with van der Waals surface area (Å²) in [4.78, 5) is 3.89. The van der Waals surface area contributed by atoms with E-state index in [2.05, 4.69) is 10.3 Å². The molecule has 4 heteroatoms. The minimum atomic E-state index is 0.500. The van der Waals surface area contributed by atoms with Crippen LogP contribution in [0.15, 0.2) is 42.7 Å². The van der Waals surface area contributed by atoms with Crippen molar-refractivity contribution in [2.45, 2.75) is 0 Å². The Labute approximate surface area is 99.0 Å². The van der Waals surface area contributed by atoms with Crippen LogP contribution in [0.2, 0.25) is 5.02 Å². The van der Waals surface area contributed by atoms with Gasteiger partial charge in [0.15, 0.2) is 0 Å². The first-order valence-electron chi connectivity index (χ1n) is 4.85. The molecule has 82 valence electrons. The predicted molar refractivity (Wildman–Crippen MR) is 65.3 cm³/mol. The van der Waals surface area contributed by atoms with Crippen LogP contribution in [-0.4, -0.2) is 12.0 Å². The number of benzene rings is 1. The highest BCUT2D eigenvalue weighted by Gasteiger charge is 2.01. The molecule has 0 saturated carbocycles. The third-order valence-corrected chi connectivity index (χ3v) is 2.39. The van der Waals surface area contributed by atoms with Crippen molar-refractivity contribution in [2.24, 2.45) is 0 Å². The molecule has 0 unspecified atom stereocenters. The molecule has 0 saturated heterocycles. The van der Waals surface area contributed by atoms with Crippen molar-refractivity contribution >= 4 is 17.3 Å². The van der Waals surface area contributed by atoms with E-state index in [0.717, 1.165) is 11.4 Å². The third kappa shape index (κ3) is 2.44. The van der Waals surface area contributed by atoms with Crippen molar-refractivity contribution < 1.29 is 4.74 Å². The van der Waals surface area contributed by atoms with E-state index in [4.69, 9.17) is 16.3 Å². The SMILES string of the molecule is CNc1ccc(Oc2ccncc2Cl)cc1. The number of anilines is 1. The molecule has 1 heterocycles. The fourth-order valence-corrected chi connectivity index (χ4v) is 1.42. The summed E-state index contributed by atoms with van der Waals surface area (Å²) in [6.07, 6.45) is 3.20. The Morgan fingerprint density at radius 1 is 1.19 bits per heavy atom. The summed E-state index contributed by atoms with van der Waals surface area (Å²) < 4.78 is 5.61. The molecule has 0 amide bonds. The molecule has 0 aliphatic heterocycles. The summed E-state index contributed by atoms with van der Waals surface area (Å²) >= 11 is 5.93. The van der Waals surface area contributed by atoms with Gasteiger partial charge < -0.3 is 10.1 Å². The molecule has 0 aliphatic carbocycles. The number of aromatic nitrogens is 1. The van der Waals surface area contributed by atoms with E-state index in [1.54, 1.807) is 18.5 Å². The predicted octanol–water partition coefficient (Wildman–Crippen LogP) is 3.57. The molecular weight excluding hydrogens is 224 g/mol. The highest BCUT2D eigenvalue weighted by molar-refractivity contribution is 6.31. The van der Waals surface area contributed by atoms with E-state index in [1.165, 1.54) is 0 Å². The molecule has 0 spiro atoms. The zero-order chi connectivity index (χ0) is 11.4. The summed E-state index contributed by atoms with van der Waals surface area (Å²) in [5, 5.41) is 3.54. The lowest BCUT2D eigenvalue weighted by molar-refractivity contribution is 0.482. The fourth-order valence-electron chi connectivity index (χ4n) is 1.26. The van der Waals surface area contributed by atoms with Gasteiger partial charge in [-0.2, -0.15) is 0 Å². The zero-order valence-corrected chi connectivity index (χ0v) is 9.53. The van der Waals surface area contributed by atoms with Crippen LogP contribution in [-0.2, 0) is 0 Å². The summed E-state index contributed by atoms with van der Waals surface area (Å²) in [5.41, 5.74) is 1.04. The fraction of sp³-hybridized carbons (Fsp3) is 0.0833. The molecule has 3 nitrogen and oxygen atoms in total. The van der Waals surface area contributed by atoms with Gasteiger partial charge in [-0.1, -0.05) is 11.6 Å². The van der Waals surface area contributed by atoms with Crippen LogP contribution in [0.4, 0.5) is 5.69 Å². The standard InChI is InChI=1S/C12H11ClN2O/c1-14-9-2-4-10(5-3-9)16-12-6-7-15-8-11(12)13/h2-8,14H,1H3. The average Bonchev–Trinajstić information content (AvgIpc) is 2.33. The number of hydrogen-bond acceptors (Lipinski definition) is 3. The third-order valence-electron chi connectivity index (χ3n) is 2.11. The van der Waals surface area contributed by atoms with Crippen molar-refractivity contribution in [3.63, 3.8) is 0 Å². The summed E-state index contributed by atoms with van der Waals surface area (Å²) in [5.74, 6) is 1.35. The molecule has 0 atom stereocenters. The van der Waals surface area contributed by atoms with E-state index in [1.807, 2.05) is 31.3 Å². The van der Waals surface area contributed by atoms with Gasteiger partial charge in [0, 0.05) is 31.2 Å². The van der Waals surface area contributed by atoms with E-state index >= 15 is 0 Å². The Bertz CT molecular complexity index is 471. The Hall–Kier alpha value is -1.74. The molecule has 1 aromatic carbocycles. The first kappa shape index (κ1) is 10.8. The van der Waals surface area contributed by atoms with E-state index in [0.29, 0.717) is 10.8 Å². The van der Waals surface area contributed by atoms with Crippen LogP contribution < -0.4 is 10.1 Å². The second kappa shape index (κ2) is 4.86. The molecule has 1 N–H and O–H groups in total. The first-order chi connectivity index (χ1) is 7.79. The molecule has 16 heavy (non-hydrogen) atoms. The van der Waals surface area contributed by atoms with Gasteiger partial charge in [-0.25, -0.2) is 0 Å². The van der Waals surface area contributed by atoms with Gasteiger partial charge >= 0.3 is 0 Å². The minimum Gasteiger partial charge on any atom is -0.456 e. The van der Waals surface area contributed by atoms with Crippen LogP contribution in [0.5, 0.6) is 11.5 Å². The van der Waals surface area contributed by atoms with Gasteiger partial charge in [-0.15, -0.1) is 0 Å². The van der Waals surface area contributed by atoms with Gasteiger partial charge in [0.2, 0.25) is 0 Å². The van der Waals surface area contributed by atoms with Crippen molar-refractivity contribution in [2.75, 3.05) is 12.4 Å². The Kier molecular flexibility index (Phi) is 3.27. The van der Waals surface area contributed by atoms with Gasteiger partial charge in [0.05, 0.1) is 0 Å². The van der Waals surface area contributed by atoms with Crippen LogP contribution in [0.25, 0.3) is 0 Å². The lowest BCUT2D eigenvalue weighted by atomic mass is 10.3. The Morgan fingerprint density at radius 3 is 2.56 bits per heavy atom. The second-order valence-electron chi connectivity index (χ2n) is 3.18. The van der Waals surface area contributed by atoms with E-state index in [-0.39, 0.29) is 0 Å². The van der Waals surface area contributed by atoms with Crippen LogP contribution in [0.3, 0.4) is 0 Å². The van der Waals surface area contributed by atoms with E-state index in [9.17, 15) is 0 Å². The monoisotopic (exact) mass is 234 g/mol. The quantitative estimate of drug-likeness (QED) is 0.882. The molecule has 0 radical (unpaired) electrons. The van der Waals surface area contributed by atoms with E-state index < -0.39 is 0 Å². The number of nitrogens with zero attached hydrogens (tertiary/aromatic N) is 1. The molecular formula is C12H11ClN2O. The summed E-state index contributed by atoms with van der Waals surface area (Å²) in [7, 11) is 1.87. The smallest absolute Gasteiger partial charge is 0.149 e. The van der Waals surface area contributed by atoms with Gasteiger partial charge in [-0.3, -0.25) is 4.98 Å². The van der Waals surface area contributed by atoms with Crippen molar-refractivity contribution in [3.05, 3.63) is 47.7 Å². The van der Waals surface area contributed by atoms with Gasteiger partial charge in [0.1, 0.15) is 16.5 Å². The first-order valence-corrected chi connectivity index (χ1v) is 5.22. The number of ether oxygens (including phenoxy) is 1. The van der Waals surface area contributed by atoms with Crippen molar-refractivity contribution in [3.8, 4) is 11.5 Å². The number of nitrogens with one attached hydrogen (secondary N) is 1. The topological polar surface area (TPSA) is 34.1 Å². The summed E-state index contributed by atoms with van der Waals surface area (Å²) in [6.45, 7) is 0. The maximum absolute atomic E-state index is 5.93. The Morgan fingerprint density at radius 2 is 1.94 bits per heavy atom. The van der Waals surface area contributed by atoms with Crippen LogP contribution in [0, 0.1) is 0 Å². The van der Waals surface area contributed by atoms with Crippen LogP contribution in [0.1, 0.15) is 0 Å².